The fourth-order valence-corrected chi connectivity index (χ4v) is 1.53. The van der Waals surface area contributed by atoms with Crippen molar-refractivity contribution in [1.29, 1.82) is 0 Å². The van der Waals surface area contributed by atoms with Crippen LogP contribution in [0.4, 0.5) is 18.9 Å². The number of rotatable bonds is 1. The normalized spacial score (nSPS) is 16.0. The van der Waals surface area contributed by atoms with Gasteiger partial charge in [-0.15, -0.1) is 0 Å². The molecule has 2 rings (SSSR count). The van der Waals surface area contributed by atoms with Gasteiger partial charge in [-0.3, -0.25) is 5.01 Å². The number of anilines is 1. The molecule has 0 fully saturated rings. The molecule has 0 saturated carbocycles. The van der Waals surface area contributed by atoms with E-state index < -0.39 is 11.7 Å². The van der Waals surface area contributed by atoms with Gasteiger partial charge < -0.3 is 5.43 Å². The standard InChI is InChI=1S/C11H11F3N2/c1-8-6-7-16(15-8)10-4-2-9(3-5-10)11(12,13)14/h2-6,15H,7H2,1H3. The first-order chi connectivity index (χ1) is 7.47. The summed E-state index contributed by atoms with van der Waals surface area (Å²) in [6.07, 6.45) is -2.30. The van der Waals surface area contributed by atoms with E-state index in [-0.39, 0.29) is 0 Å². The van der Waals surface area contributed by atoms with Crippen LogP contribution in [0.3, 0.4) is 0 Å². The quantitative estimate of drug-likeness (QED) is 0.795. The molecule has 0 aliphatic carbocycles. The Bertz CT molecular complexity index is 406. The van der Waals surface area contributed by atoms with Crippen molar-refractivity contribution in [2.24, 2.45) is 0 Å². The number of nitrogens with zero attached hydrogens (tertiary/aromatic N) is 1. The van der Waals surface area contributed by atoms with E-state index in [4.69, 9.17) is 0 Å². The van der Waals surface area contributed by atoms with Crippen LogP contribution in [-0.4, -0.2) is 6.54 Å². The van der Waals surface area contributed by atoms with Crippen molar-refractivity contribution in [2.75, 3.05) is 11.6 Å². The molecule has 1 heterocycles. The number of hydrogen-bond donors (Lipinski definition) is 1. The number of nitrogens with one attached hydrogen (secondary N) is 1. The Morgan fingerprint density at radius 3 is 2.25 bits per heavy atom. The van der Waals surface area contributed by atoms with E-state index in [1.807, 2.05) is 13.0 Å². The van der Waals surface area contributed by atoms with Gasteiger partial charge in [-0.05, 0) is 37.3 Å². The molecule has 1 aliphatic rings. The molecular weight excluding hydrogens is 217 g/mol. The van der Waals surface area contributed by atoms with E-state index >= 15 is 0 Å². The van der Waals surface area contributed by atoms with Crippen LogP contribution in [0.2, 0.25) is 0 Å². The molecule has 2 nitrogen and oxygen atoms in total. The fraction of sp³-hybridized carbons (Fsp3) is 0.273. The van der Waals surface area contributed by atoms with Crippen molar-refractivity contribution in [3.63, 3.8) is 0 Å². The summed E-state index contributed by atoms with van der Waals surface area (Å²) in [6.45, 7) is 2.57. The van der Waals surface area contributed by atoms with Crippen molar-refractivity contribution >= 4 is 5.69 Å². The second kappa shape index (κ2) is 3.73. The summed E-state index contributed by atoms with van der Waals surface area (Å²) in [7, 11) is 0. The van der Waals surface area contributed by atoms with Crippen molar-refractivity contribution in [3.8, 4) is 0 Å². The van der Waals surface area contributed by atoms with Crippen molar-refractivity contribution in [2.45, 2.75) is 13.1 Å². The predicted octanol–water partition coefficient (Wildman–Crippen LogP) is 2.93. The van der Waals surface area contributed by atoms with Crippen LogP contribution in [0.5, 0.6) is 0 Å². The second-order valence-electron chi connectivity index (χ2n) is 3.65. The molecule has 0 amide bonds. The SMILES string of the molecule is CC1=CCN(c2ccc(C(F)(F)F)cc2)N1. The largest absolute Gasteiger partial charge is 0.416 e. The van der Waals surface area contributed by atoms with E-state index in [1.54, 1.807) is 5.01 Å². The molecule has 86 valence electrons. The zero-order valence-corrected chi connectivity index (χ0v) is 8.67. The summed E-state index contributed by atoms with van der Waals surface area (Å²) in [6, 6.07) is 5.10. The van der Waals surface area contributed by atoms with E-state index in [0.29, 0.717) is 6.54 Å². The van der Waals surface area contributed by atoms with Gasteiger partial charge in [0.2, 0.25) is 0 Å². The first kappa shape index (κ1) is 10.9. The molecule has 1 N–H and O–H groups in total. The zero-order chi connectivity index (χ0) is 11.8. The van der Waals surface area contributed by atoms with Gasteiger partial charge in [0, 0.05) is 5.70 Å². The minimum atomic E-state index is -4.27. The molecular formula is C11H11F3N2. The Balaban J connectivity index is 2.15. The van der Waals surface area contributed by atoms with E-state index in [1.165, 1.54) is 12.1 Å². The van der Waals surface area contributed by atoms with E-state index in [9.17, 15) is 13.2 Å². The predicted molar refractivity (Wildman–Crippen MR) is 55.7 cm³/mol. The highest BCUT2D eigenvalue weighted by Gasteiger charge is 2.30. The lowest BCUT2D eigenvalue weighted by molar-refractivity contribution is -0.137. The highest BCUT2D eigenvalue weighted by atomic mass is 19.4. The van der Waals surface area contributed by atoms with Crippen molar-refractivity contribution in [3.05, 3.63) is 41.6 Å². The van der Waals surface area contributed by atoms with Crippen molar-refractivity contribution < 1.29 is 13.2 Å². The van der Waals surface area contributed by atoms with Gasteiger partial charge >= 0.3 is 6.18 Å². The average molecular weight is 228 g/mol. The minimum absolute atomic E-state index is 0.625. The molecule has 5 heteroatoms. The molecule has 0 radical (unpaired) electrons. The lowest BCUT2D eigenvalue weighted by Gasteiger charge is -2.20. The fourth-order valence-electron chi connectivity index (χ4n) is 1.53. The van der Waals surface area contributed by atoms with Crippen LogP contribution in [0, 0.1) is 0 Å². The highest BCUT2D eigenvalue weighted by Crippen LogP contribution is 2.30. The van der Waals surface area contributed by atoms with Gasteiger partial charge in [0.1, 0.15) is 0 Å². The van der Waals surface area contributed by atoms with Crippen molar-refractivity contribution in [1.82, 2.24) is 5.43 Å². The molecule has 0 bridgehead atoms. The number of halogens is 3. The third kappa shape index (κ3) is 2.13. The maximum atomic E-state index is 12.3. The summed E-state index contributed by atoms with van der Waals surface area (Å²) in [5.41, 5.74) is 4.14. The maximum Gasteiger partial charge on any atom is 0.416 e. The highest BCUT2D eigenvalue weighted by molar-refractivity contribution is 5.49. The number of hydrogen-bond acceptors (Lipinski definition) is 2. The third-order valence-corrected chi connectivity index (χ3v) is 2.40. The lowest BCUT2D eigenvalue weighted by Crippen LogP contribution is -2.31. The summed E-state index contributed by atoms with van der Waals surface area (Å²) >= 11 is 0. The first-order valence-electron chi connectivity index (χ1n) is 4.85. The average Bonchev–Trinajstić information content (AvgIpc) is 2.64. The van der Waals surface area contributed by atoms with Crippen LogP contribution in [0.15, 0.2) is 36.0 Å². The molecule has 0 aromatic heterocycles. The topological polar surface area (TPSA) is 15.3 Å². The molecule has 1 aliphatic heterocycles. The number of hydrazine groups is 1. The van der Waals surface area contributed by atoms with Gasteiger partial charge in [0.25, 0.3) is 0 Å². The monoisotopic (exact) mass is 228 g/mol. The molecule has 0 unspecified atom stereocenters. The van der Waals surface area contributed by atoms with Crippen LogP contribution in [-0.2, 0) is 6.18 Å². The molecule has 0 atom stereocenters. The molecule has 0 spiro atoms. The Labute approximate surface area is 91.3 Å². The maximum absolute atomic E-state index is 12.3. The van der Waals surface area contributed by atoms with Crippen LogP contribution < -0.4 is 10.4 Å². The van der Waals surface area contributed by atoms with Gasteiger partial charge in [0.15, 0.2) is 0 Å². The van der Waals surface area contributed by atoms with Crippen LogP contribution in [0.25, 0.3) is 0 Å². The minimum Gasteiger partial charge on any atom is -0.303 e. The summed E-state index contributed by atoms with van der Waals surface area (Å²) in [5.74, 6) is 0. The van der Waals surface area contributed by atoms with Gasteiger partial charge in [0.05, 0.1) is 17.8 Å². The van der Waals surface area contributed by atoms with E-state index in [0.717, 1.165) is 23.5 Å². The van der Waals surface area contributed by atoms with E-state index in [2.05, 4.69) is 5.43 Å². The molecule has 16 heavy (non-hydrogen) atoms. The molecule has 1 aromatic rings. The zero-order valence-electron chi connectivity index (χ0n) is 8.67. The Morgan fingerprint density at radius 2 is 1.81 bits per heavy atom. The lowest BCUT2D eigenvalue weighted by atomic mass is 10.2. The first-order valence-corrected chi connectivity index (χ1v) is 4.85. The molecule has 0 saturated heterocycles. The van der Waals surface area contributed by atoms with Crippen LogP contribution in [0.1, 0.15) is 12.5 Å². The number of benzene rings is 1. The van der Waals surface area contributed by atoms with Crippen LogP contribution >= 0.6 is 0 Å². The Hall–Kier alpha value is -1.65. The Morgan fingerprint density at radius 1 is 1.19 bits per heavy atom. The second-order valence-corrected chi connectivity index (χ2v) is 3.65. The Kier molecular flexibility index (Phi) is 2.53. The smallest absolute Gasteiger partial charge is 0.303 e. The summed E-state index contributed by atoms with van der Waals surface area (Å²) < 4.78 is 37.0. The third-order valence-electron chi connectivity index (χ3n) is 2.40. The summed E-state index contributed by atoms with van der Waals surface area (Å²) in [5, 5.41) is 1.79. The summed E-state index contributed by atoms with van der Waals surface area (Å²) in [4.78, 5) is 0. The number of allylic oxidation sites excluding steroid dienone is 1. The van der Waals surface area contributed by atoms with Gasteiger partial charge in [-0.1, -0.05) is 0 Å². The molecule has 1 aromatic carbocycles. The van der Waals surface area contributed by atoms with Gasteiger partial charge in [-0.2, -0.15) is 13.2 Å². The van der Waals surface area contributed by atoms with Gasteiger partial charge in [-0.25, -0.2) is 0 Å². The number of alkyl halides is 3.